The summed E-state index contributed by atoms with van der Waals surface area (Å²) >= 11 is 0. The highest BCUT2D eigenvalue weighted by atomic mass is 19.1. The molecule has 128 valence electrons. The molecule has 0 aliphatic rings. The fourth-order valence-electron chi connectivity index (χ4n) is 2.56. The summed E-state index contributed by atoms with van der Waals surface area (Å²) in [7, 11) is 0. The molecule has 4 nitrogen and oxygen atoms in total. The van der Waals surface area contributed by atoms with Crippen LogP contribution in [0.15, 0.2) is 48.5 Å². The number of aromatic nitrogens is 2. The molecule has 2 aromatic carbocycles. The molecule has 0 unspecified atom stereocenters. The molecule has 0 aliphatic carbocycles. The van der Waals surface area contributed by atoms with Crippen molar-refractivity contribution in [2.24, 2.45) is 0 Å². The fraction of sp³-hybridized carbons (Fsp3) is 0.200. The second kappa shape index (κ2) is 7.30. The van der Waals surface area contributed by atoms with Crippen LogP contribution in [0, 0.1) is 26.6 Å². The third-order valence-corrected chi connectivity index (χ3v) is 3.91. The normalized spacial score (nSPS) is 10.6. The lowest BCUT2D eigenvalue weighted by atomic mass is 10.1. The SMILES string of the molecule is Cc1ccc(C)c(Nc2cc(NCc3ccccc3F)nc(C)n2)c1. The van der Waals surface area contributed by atoms with Crippen LogP contribution >= 0.6 is 0 Å². The van der Waals surface area contributed by atoms with E-state index in [1.54, 1.807) is 12.1 Å². The van der Waals surface area contributed by atoms with Crippen molar-refractivity contribution in [1.29, 1.82) is 0 Å². The van der Waals surface area contributed by atoms with Crippen LogP contribution in [0.3, 0.4) is 0 Å². The van der Waals surface area contributed by atoms with Gasteiger partial charge in [0.1, 0.15) is 23.3 Å². The predicted octanol–water partition coefficient (Wildman–Crippen LogP) is 4.90. The van der Waals surface area contributed by atoms with Crippen molar-refractivity contribution >= 4 is 17.3 Å². The minimum Gasteiger partial charge on any atom is -0.366 e. The van der Waals surface area contributed by atoms with Crippen molar-refractivity contribution in [3.8, 4) is 0 Å². The smallest absolute Gasteiger partial charge is 0.136 e. The van der Waals surface area contributed by atoms with E-state index in [0.717, 1.165) is 11.3 Å². The van der Waals surface area contributed by atoms with Gasteiger partial charge >= 0.3 is 0 Å². The first kappa shape index (κ1) is 16.9. The minimum absolute atomic E-state index is 0.227. The van der Waals surface area contributed by atoms with Crippen LogP contribution in [-0.4, -0.2) is 9.97 Å². The summed E-state index contributed by atoms with van der Waals surface area (Å²) in [5, 5.41) is 6.50. The molecule has 2 N–H and O–H groups in total. The van der Waals surface area contributed by atoms with Gasteiger partial charge in [-0.15, -0.1) is 0 Å². The van der Waals surface area contributed by atoms with E-state index < -0.39 is 0 Å². The van der Waals surface area contributed by atoms with Crippen molar-refractivity contribution in [1.82, 2.24) is 9.97 Å². The molecule has 0 amide bonds. The number of hydrogen-bond donors (Lipinski definition) is 2. The Morgan fingerprint density at radius 2 is 1.68 bits per heavy atom. The van der Waals surface area contributed by atoms with Gasteiger partial charge < -0.3 is 10.6 Å². The second-order valence-corrected chi connectivity index (χ2v) is 6.07. The average molecular weight is 336 g/mol. The maximum Gasteiger partial charge on any atom is 0.136 e. The molecule has 0 saturated carbocycles. The topological polar surface area (TPSA) is 49.8 Å². The Hall–Kier alpha value is -2.95. The highest BCUT2D eigenvalue weighted by Gasteiger charge is 2.06. The number of nitrogens with zero attached hydrogens (tertiary/aromatic N) is 2. The molecular weight excluding hydrogens is 315 g/mol. The molecule has 3 rings (SSSR count). The zero-order valence-corrected chi connectivity index (χ0v) is 14.6. The van der Waals surface area contributed by atoms with E-state index >= 15 is 0 Å². The number of anilines is 3. The summed E-state index contributed by atoms with van der Waals surface area (Å²) < 4.78 is 13.7. The molecule has 0 spiro atoms. The number of aryl methyl sites for hydroxylation is 3. The first-order valence-corrected chi connectivity index (χ1v) is 8.18. The Balaban J connectivity index is 1.78. The molecule has 0 aliphatic heterocycles. The highest BCUT2D eigenvalue weighted by molar-refractivity contribution is 5.63. The molecular formula is C20H21FN4. The summed E-state index contributed by atoms with van der Waals surface area (Å²) in [4.78, 5) is 8.81. The first-order valence-electron chi connectivity index (χ1n) is 8.18. The third kappa shape index (κ3) is 4.32. The van der Waals surface area contributed by atoms with Crippen molar-refractivity contribution in [3.63, 3.8) is 0 Å². The van der Waals surface area contributed by atoms with Gasteiger partial charge in [0.15, 0.2) is 0 Å². The first-order chi connectivity index (χ1) is 12.0. The molecule has 0 bridgehead atoms. The highest BCUT2D eigenvalue weighted by Crippen LogP contribution is 2.22. The predicted molar refractivity (Wildman–Crippen MR) is 99.7 cm³/mol. The van der Waals surface area contributed by atoms with E-state index in [0.29, 0.717) is 29.6 Å². The molecule has 0 atom stereocenters. The van der Waals surface area contributed by atoms with Crippen molar-refractivity contribution in [2.75, 3.05) is 10.6 Å². The van der Waals surface area contributed by atoms with Crippen LogP contribution in [0.25, 0.3) is 0 Å². The lowest BCUT2D eigenvalue weighted by Crippen LogP contribution is -2.06. The summed E-state index contributed by atoms with van der Waals surface area (Å²) in [5.41, 5.74) is 3.93. The Morgan fingerprint density at radius 3 is 2.48 bits per heavy atom. The van der Waals surface area contributed by atoms with Gasteiger partial charge in [0.05, 0.1) is 0 Å². The van der Waals surface area contributed by atoms with Gasteiger partial charge in [-0.2, -0.15) is 0 Å². The summed E-state index contributed by atoms with van der Waals surface area (Å²) in [6, 6.07) is 14.8. The van der Waals surface area contributed by atoms with Gasteiger partial charge in [-0.05, 0) is 44.0 Å². The Bertz CT molecular complexity index is 893. The summed E-state index contributed by atoms with van der Waals surface area (Å²) in [5.74, 6) is 1.78. The van der Waals surface area contributed by atoms with Crippen LogP contribution in [-0.2, 0) is 6.54 Å². The van der Waals surface area contributed by atoms with Crippen molar-refractivity contribution in [2.45, 2.75) is 27.3 Å². The van der Waals surface area contributed by atoms with E-state index in [1.165, 1.54) is 11.6 Å². The lowest BCUT2D eigenvalue weighted by molar-refractivity contribution is 0.613. The van der Waals surface area contributed by atoms with Crippen molar-refractivity contribution < 1.29 is 4.39 Å². The van der Waals surface area contributed by atoms with E-state index in [4.69, 9.17) is 0 Å². The van der Waals surface area contributed by atoms with Gasteiger partial charge in [0.25, 0.3) is 0 Å². The van der Waals surface area contributed by atoms with Crippen LogP contribution in [0.2, 0.25) is 0 Å². The summed E-state index contributed by atoms with van der Waals surface area (Å²) in [6.07, 6.45) is 0. The van der Waals surface area contributed by atoms with Gasteiger partial charge in [-0.3, -0.25) is 0 Å². The van der Waals surface area contributed by atoms with Crippen LogP contribution in [0.1, 0.15) is 22.5 Å². The van der Waals surface area contributed by atoms with Gasteiger partial charge in [0.2, 0.25) is 0 Å². The Morgan fingerprint density at radius 1 is 0.920 bits per heavy atom. The Kier molecular flexibility index (Phi) is 4.93. The molecule has 25 heavy (non-hydrogen) atoms. The van der Waals surface area contributed by atoms with Gasteiger partial charge in [-0.25, -0.2) is 14.4 Å². The quantitative estimate of drug-likeness (QED) is 0.696. The second-order valence-electron chi connectivity index (χ2n) is 6.07. The molecule has 0 radical (unpaired) electrons. The molecule has 1 aromatic heterocycles. The molecule has 3 aromatic rings. The number of rotatable bonds is 5. The van der Waals surface area contributed by atoms with Gasteiger partial charge in [-0.1, -0.05) is 30.3 Å². The number of nitrogens with one attached hydrogen (secondary N) is 2. The number of halogens is 1. The standard InChI is InChI=1S/C20H21FN4/c1-13-8-9-14(2)18(10-13)25-20-11-19(23-15(3)24-20)22-12-16-6-4-5-7-17(16)21/h4-11H,12H2,1-3H3,(H2,22,23,24,25). The molecule has 0 fully saturated rings. The maximum absolute atomic E-state index is 13.7. The average Bonchev–Trinajstić information content (AvgIpc) is 2.57. The number of benzene rings is 2. The lowest BCUT2D eigenvalue weighted by Gasteiger charge is -2.12. The summed E-state index contributed by atoms with van der Waals surface area (Å²) in [6.45, 7) is 6.30. The molecule has 0 saturated heterocycles. The van der Waals surface area contributed by atoms with Crippen LogP contribution in [0.4, 0.5) is 21.7 Å². The fourth-order valence-corrected chi connectivity index (χ4v) is 2.56. The van der Waals surface area contributed by atoms with E-state index in [9.17, 15) is 4.39 Å². The van der Waals surface area contributed by atoms with E-state index in [-0.39, 0.29) is 5.82 Å². The molecule has 5 heteroatoms. The molecule has 1 heterocycles. The Labute approximate surface area is 147 Å². The maximum atomic E-state index is 13.7. The largest absolute Gasteiger partial charge is 0.366 e. The number of hydrogen-bond acceptors (Lipinski definition) is 4. The van der Waals surface area contributed by atoms with Gasteiger partial charge in [0, 0.05) is 23.9 Å². The van der Waals surface area contributed by atoms with E-state index in [2.05, 4.69) is 45.7 Å². The van der Waals surface area contributed by atoms with E-state index in [1.807, 2.05) is 26.0 Å². The van der Waals surface area contributed by atoms with Crippen molar-refractivity contribution in [3.05, 3.63) is 76.9 Å². The zero-order valence-electron chi connectivity index (χ0n) is 14.6. The minimum atomic E-state index is -0.227. The van der Waals surface area contributed by atoms with Crippen LogP contribution in [0.5, 0.6) is 0 Å². The zero-order chi connectivity index (χ0) is 17.8. The van der Waals surface area contributed by atoms with Crippen LogP contribution < -0.4 is 10.6 Å². The third-order valence-electron chi connectivity index (χ3n) is 3.91. The monoisotopic (exact) mass is 336 g/mol.